The molecule has 3 rings (SSSR count). The highest BCUT2D eigenvalue weighted by atomic mass is 32.2. The average molecular weight is 445 g/mol. The number of H-pyrrole nitrogens is 1. The minimum Gasteiger partial charge on any atom is -0.406 e. The van der Waals surface area contributed by atoms with Gasteiger partial charge in [0.25, 0.3) is 0 Å². The maximum absolute atomic E-state index is 12.7. The highest BCUT2D eigenvalue weighted by Crippen LogP contribution is 2.26. The number of hydrogen-bond donors (Lipinski definition) is 2. The van der Waals surface area contributed by atoms with Gasteiger partial charge < -0.3 is 9.72 Å². The molecule has 0 saturated carbocycles. The molecular weight excluding hydrogens is 427 g/mol. The Kier molecular flexibility index (Phi) is 6.48. The van der Waals surface area contributed by atoms with Crippen molar-refractivity contribution in [1.82, 2.24) is 14.8 Å². The van der Waals surface area contributed by atoms with Gasteiger partial charge in [-0.1, -0.05) is 0 Å². The van der Waals surface area contributed by atoms with Gasteiger partial charge in [0.05, 0.1) is 11.5 Å². The third-order valence-corrected chi connectivity index (χ3v) is 6.03. The second-order valence-corrected chi connectivity index (χ2v) is 8.25. The Morgan fingerprint density at radius 3 is 2.50 bits per heavy atom. The predicted octanol–water partition coefficient (Wildman–Crippen LogP) is 2.27. The second-order valence-electron chi connectivity index (χ2n) is 6.31. The van der Waals surface area contributed by atoms with Crippen LogP contribution in [-0.4, -0.2) is 37.2 Å². The van der Waals surface area contributed by atoms with Crippen molar-refractivity contribution in [3.05, 3.63) is 70.3 Å². The van der Waals surface area contributed by atoms with Crippen LogP contribution in [0.25, 0.3) is 0 Å². The lowest BCUT2D eigenvalue weighted by atomic mass is 10.2. The van der Waals surface area contributed by atoms with Crippen LogP contribution in [0.1, 0.15) is 12.0 Å². The van der Waals surface area contributed by atoms with Crippen molar-refractivity contribution < 1.29 is 31.2 Å². The third kappa shape index (κ3) is 5.84. The summed E-state index contributed by atoms with van der Waals surface area (Å²) in [5.41, 5.74) is 3.84. The fourth-order valence-corrected chi connectivity index (χ4v) is 4.10. The van der Waals surface area contributed by atoms with Gasteiger partial charge in [-0.05, 0) is 42.0 Å². The number of ether oxygens (including phenoxy) is 1. The second kappa shape index (κ2) is 8.90. The Bertz CT molecular complexity index is 1070. The Morgan fingerprint density at radius 1 is 1.17 bits per heavy atom. The first-order chi connectivity index (χ1) is 14.1. The Balaban J connectivity index is 1.56. The number of nitrogens with zero attached hydrogens (tertiary/aromatic N) is 1. The van der Waals surface area contributed by atoms with Crippen molar-refractivity contribution in [3.63, 3.8) is 0 Å². The van der Waals surface area contributed by atoms with Crippen LogP contribution < -0.4 is 15.8 Å². The molecule has 8 nitrogen and oxygen atoms in total. The van der Waals surface area contributed by atoms with Gasteiger partial charge in [0.2, 0.25) is 15.6 Å². The van der Waals surface area contributed by atoms with Gasteiger partial charge in [-0.2, -0.15) is 4.31 Å². The van der Waals surface area contributed by atoms with E-state index in [1.165, 1.54) is 16.6 Å². The molecule has 0 atom stereocenters. The summed E-state index contributed by atoms with van der Waals surface area (Å²) < 4.78 is 66.9. The number of aromatic amines is 1. The molecule has 2 aromatic rings. The molecule has 2 N–H and O–H groups in total. The smallest absolute Gasteiger partial charge is 0.406 e. The first-order valence-electron chi connectivity index (χ1n) is 8.74. The van der Waals surface area contributed by atoms with Gasteiger partial charge >= 0.3 is 6.36 Å². The van der Waals surface area contributed by atoms with Gasteiger partial charge in [0, 0.05) is 37.5 Å². The third-order valence-electron chi connectivity index (χ3n) is 4.15. The van der Waals surface area contributed by atoms with Gasteiger partial charge in [-0.3, -0.25) is 15.1 Å². The van der Waals surface area contributed by atoms with E-state index in [0.717, 1.165) is 24.3 Å². The maximum atomic E-state index is 12.7. The van der Waals surface area contributed by atoms with Crippen molar-refractivity contribution >= 4 is 10.0 Å². The van der Waals surface area contributed by atoms with Crippen LogP contribution in [0, 0.1) is 0 Å². The number of halogens is 3. The summed E-state index contributed by atoms with van der Waals surface area (Å²) in [6.45, 7) is 0.381. The molecule has 0 fully saturated rings. The minimum absolute atomic E-state index is 0.0693. The maximum Gasteiger partial charge on any atom is 0.573 e. The van der Waals surface area contributed by atoms with E-state index in [-0.39, 0.29) is 30.2 Å². The molecule has 0 saturated heterocycles. The number of benzene rings is 1. The molecule has 2 heterocycles. The zero-order valence-electron chi connectivity index (χ0n) is 15.5. The monoisotopic (exact) mass is 445 g/mol. The van der Waals surface area contributed by atoms with E-state index in [2.05, 4.69) is 15.2 Å². The van der Waals surface area contributed by atoms with E-state index in [1.54, 1.807) is 12.1 Å². The summed E-state index contributed by atoms with van der Waals surface area (Å²) in [4.78, 5) is 18.9. The van der Waals surface area contributed by atoms with Crippen LogP contribution in [0.4, 0.5) is 13.2 Å². The number of rotatable bonds is 7. The van der Waals surface area contributed by atoms with Crippen molar-refractivity contribution in [2.24, 2.45) is 0 Å². The largest absolute Gasteiger partial charge is 0.573 e. The summed E-state index contributed by atoms with van der Waals surface area (Å²) in [7, 11) is -3.87. The molecule has 1 aliphatic rings. The van der Waals surface area contributed by atoms with Crippen LogP contribution in [0.2, 0.25) is 0 Å². The van der Waals surface area contributed by atoms with E-state index in [4.69, 9.17) is 4.84 Å². The van der Waals surface area contributed by atoms with Crippen LogP contribution in [0.3, 0.4) is 0 Å². The number of alkyl halides is 3. The van der Waals surface area contributed by atoms with E-state index in [9.17, 15) is 26.4 Å². The number of hydroxylamine groups is 1. The predicted molar refractivity (Wildman–Crippen MR) is 99.6 cm³/mol. The normalized spacial score (nSPS) is 15.5. The van der Waals surface area contributed by atoms with Crippen molar-refractivity contribution in [1.29, 1.82) is 0 Å². The Morgan fingerprint density at radius 2 is 1.90 bits per heavy atom. The molecule has 30 heavy (non-hydrogen) atoms. The molecular formula is C18H18F3N3O5S. The van der Waals surface area contributed by atoms with E-state index in [1.807, 2.05) is 0 Å². The summed E-state index contributed by atoms with van der Waals surface area (Å²) >= 11 is 0. The van der Waals surface area contributed by atoms with Gasteiger partial charge in [-0.15, -0.1) is 13.2 Å². The molecule has 1 aromatic carbocycles. The van der Waals surface area contributed by atoms with Crippen LogP contribution in [0.15, 0.2) is 64.1 Å². The summed E-state index contributed by atoms with van der Waals surface area (Å²) in [6, 6.07) is 7.14. The number of aromatic nitrogens is 1. The first kappa shape index (κ1) is 21.9. The number of hydrogen-bond acceptors (Lipinski definition) is 6. The molecule has 0 spiro atoms. The quantitative estimate of drug-likeness (QED) is 0.635. The Labute approximate surface area is 169 Å². The molecule has 162 valence electrons. The molecule has 0 aliphatic carbocycles. The van der Waals surface area contributed by atoms with Crippen LogP contribution in [0.5, 0.6) is 5.75 Å². The summed E-state index contributed by atoms with van der Waals surface area (Å²) in [5, 5.41) is 0. The lowest BCUT2D eigenvalue weighted by molar-refractivity contribution is -0.274. The van der Waals surface area contributed by atoms with Crippen LogP contribution in [-0.2, 0) is 21.5 Å². The number of nitrogens with one attached hydrogen (secondary N) is 2. The molecule has 0 unspecified atom stereocenters. The molecule has 1 aromatic heterocycles. The standard InChI is InChI=1S/C18H18F3N3O5S/c19-18(20,21)29-15-1-3-16(4-2-15)30(26,27)24-9-6-14(7-10-24)23-28-12-13-5-8-22-17(25)11-13/h1-6,8,11,23H,7,9-10,12H2,(H,22,25). The van der Waals surface area contributed by atoms with Crippen molar-refractivity contribution in [3.8, 4) is 5.75 Å². The highest BCUT2D eigenvalue weighted by Gasteiger charge is 2.31. The van der Waals surface area contributed by atoms with Gasteiger partial charge in [0.1, 0.15) is 5.75 Å². The summed E-state index contributed by atoms with van der Waals surface area (Å²) in [6.07, 6.45) is -1.35. The zero-order valence-corrected chi connectivity index (χ0v) is 16.3. The van der Waals surface area contributed by atoms with Gasteiger partial charge in [0.15, 0.2) is 0 Å². The SMILES string of the molecule is O=c1cc(CONC2=CCN(S(=O)(=O)c3ccc(OC(F)(F)F)cc3)CC2)cc[nH]1. The Hall–Kier alpha value is -2.83. The van der Waals surface area contributed by atoms with E-state index < -0.39 is 22.1 Å². The minimum atomic E-state index is -4.85. The molecule has 0 bridgehead atoms. The molecule has 0 radical (unpaired) electrons. The zero-order chi connectivity index (χ0) is 21.8. The number of pyridine rings is 1. The van der Waals surface area contributed by atoms with Gasteiger partial charge in [-0.25, -0.2) is 8.42 Å². The van der Waals surface area contributed by atoms with E-state index >= 15 is 0 Å². The highest BCUT2D eigenvalue weighted by molar-refractivity contribution is 7.89. The van der Waals surface area contributed by atoms with E-state index in [0.29, 0.717) is 17.7 Å². The fraction of sp³-hybridized carbons (Fsp3) is 0.278. The van der Waals surface area contributed by atoms with Crippen molar-refractivity contribution in [2.75, 3.05) is 13.1 Å². The first-order valence-corrected chi connectivity index (χ1v) is 10.2. The van der Waals surface area contributed by atoms with Crippen LogP contribution >= 0.6 is 0 Å². The molecule has 12 heteroatoms. The fourth-order valence-electron chi connectivity index (χ4n) is 2.71. The lowest BCUT2D eigenvalue weighted by Gasteiger charge is -2.26. The summed E-state index contributed by atoms with van der Waals surface area (Å²) in [5.74, 6) is -0.496. The molecule has 0 amide bonds. The average Bonchev–Trinajstić information content (AvgIpc) is 2.68. The lowest BCUT2D eigenvalue weighted by Crippen LogP contribution is -2.36. The molecule has 1 aliphatic heterocycles. The number of sulfonamides is 1. The topological polar surface area (TPSA) is 101 Å². The van der Waals surface area contributed by atoms with Crippen molar-refractivity contribution in [2.45, 2.75) is 24.3 Å².